The fourth-order valence-electron chi connectivity index (χ4n) is 5.60. The lowest BCUT2D eigenvalue weighted by Crippen LogP contribution is -2.24. The Morgan fingerprint density at radius 3 is 1.50 bits per heavy atom. The van der Waals surface area contributed by atoms with Gasteiger partial charge in [0.2, 0.25) is 0 Å². The third-order valence-corrected chi connectivity index (χ3v) is 8.21. The SMILES string of the molecule is CC(C)(CO)CCCC1CCC(CCCC2CCC(CCCC(C)(C)C(=O)O)C2=O)C1=O. The van der Waals surface area contributed by atoms with Crippen LogP contribution in [0.3, 0.4) is 0 Å². The van der Waals surface area contributed by atoms with Crippen molar-refractivity contribution in [3.63, 3.8) is 0 Å². The normalized spacial score (nSPS) is 26.8. The molecular weight excluding hydrogens is 404 g/mol. The number of carbonyl (C=O) groups excluding carboxylic acids is 2. The van der Waals surface area contributed by atoms with E-state index in [0.29, 0.717) is 18.0 Å². The van der Waals surface area contributed by atoms with E-state index in [1.807, 2.05) is 0 Å². The molecule has 0 aliphatic heterocycles. The van der Waals surface area contributed by atoms with Crippen LogP contribution in [-0.2, 0) is 14.4 Å². The summed E-state index contributed by atoms with van der Waals surface area (Å²) < 4.78 is 0. The Morgan fingerprint density at radius 1 is 0.750 bits per heavy atom. The van der Waals surface area contributed by atoms with Crippen molar-refractivity contribution in [1.29, 1.82) is 0 Å². The van der Waals surface area contributed by atoms with Crippen molar-refractivity contribution in [1.82, 2.24) is 0 Å². The number of carboxylic acid groups (broad SMARTS) is 1. The van der Waals surface area contributed by atoms with Crippen LogP contribution in [0.1, 0.15) is 111 Å². The Labute approximate surface area is 194 Å². The van der Waals surface area contributed by atoms with Crippen molar-refractivity contribution in [2.75, 3.05) is 6.61 Å². The standard InChI is InChI=1S/C27H46O5/c1-26(2,18-28)16-6-10-21-14-12-19(23(21)29)8-5-9-20-13-15-22(24(20)30)11-7-17-27(3,4)25(31)32/h19-22,28H,5-18H2,1-4H3,(H,31,32). The highest BCUT2D eigenvalue weighted by atomic mass is 16.4. The maximum absolute atomic E-state index is 12.8. The molecule has 184 valence electrons. The number of ketones is 2. The van der Waals surface area contributed by atoms with Gasteiger partial charge in [-0.25, -0.2) is 0 Å². The molecule has 2 aliphatic carbocycles. The van der Waals surface area contributed by atoms with E-state index in [-0.39, 0.29) is 35.7 Å². The van der Waals surface area contributed by atoms with Gasteiger partial charge in [0, 0.05) is 30.3 Å². The molecule has 0 aromatic carbocycles. The zero-order chi connectivity index (χ0) is 23.9. The van der Waals surface area contributed by atoms with Crippen LogP contribution >= 0.6 is 0 Å². The number of carbonyl (C=O) groups is 3. The maximum atomic E-state index is 12.8. The smallest absolute Gasteiger partial charge is 0.309 e. The molecule has 0 saturated heterocycles. The monoisotopic (exact) mass is 450 g/mol. The van der Waals surface area contributed by atoms with Crippen LogP contribution in [0, 0.1) is 34.5 Å². The van der Waals surface area contributed by atoms with Gasteiger partial charge in [-0.05, 0) is 83.5 Å². The lowest BCUT2D eigenvalue weighted by Gasteiger charge is -2.22. The molecule has 2 saturated carbocycles. The zero-order valence-corrected chi connectivity index (χ0v) is 20.8. The van der Waals surface area contributed by atoms with Crippen LogP contribution in [0.2, 0.25) is 0 Å². The molecule has 2 fully saturated rings. The van der Waals surface area contributed by atoms with E-state index < -0.39 is 11.4 Å². The van der Waals surface area contributed by atoms with E-state index in [4.69, 9.17) is 0 Å². The lowest BCUT2D eigenvalue weighted by molar-refractivity contribution is -0.147. The molecule has 0 radical (unpaired) electrons. The molecule has 0 aromatic rings. The number of carboxylic acids is 1. The number of aliphatic hydroxyl groups excluding tert-OH is 1. The lowest BCUT2D eigenvalue weighted by atomic mass is 9.85. The summed E-state index contributed by atoms with van der Waals surface area (Å²) in [6.45, 7) is 7.82. The number of Topliss-reactive ketones (excluding diaryl/α,β-unsaturated/α-hetero) is 2. The summed E-state index contributed by atoms with van der Waals surface area (Å²) in [4.78, 5) is 36.8. The first-order valence-electron chi connectivity index (χ1n) is 12.9. The van der Waals surface area contributed by atoms with Crippen LogP contribution < -0.4 is 0 Å². The highest BCUT2D eigenvalue weighted by Gasteiger charge is 2.36. The van der Waals surface area contributed by atoms with Crippen LogP contribution in [0.25, 0.3) is 0 Å². The Morgan fingerprint density at radius 2 is 1.12 bits per heavy atom. The van der Waals surface area contributed by atoms with Crippen LogP contribution in [-0.4, -0.2) is 34.4 Å². The van der Waals surface area contributed by atoms with Gasteiger partial charge in [0.15, 0.2) is 0 Å². The van der Waals surface area contributed by atoms with E-state index in [1.54, 1.807) is 13.8 Å². The molecule has 32 heavy (non-hydrogen) atoms. The maximum Gasteiger partial charge on any atom is 0.309 e. The molecule has 0 bridgehead atoms. The fourth-order valence-corrected chi connectivity index (χ4v) is 5.60. The molecule has 5 heteroatoms. The van der Waals surface area contributed by atoms with E-state index >= 15 is 0 Å². The minimum atomic E-state index is -0.772. The second-order valence-corrected chi connectivity index (χ2v) is 12.0. The Kier molecular flexibility index (Phi) is 9.93. The summed E-state index contributed by atoms with van der Waals surface area (Å²) in [5, 5.41) is 18.6. The molecule has 2 rings (SSSR count). The fraction of sp³-hybridized carbons (Fsp3) is 0.889. The van der Waals surface area contributed by atoms with Crippen molar-refractivity contribution in [3.05, 3.63) is 0 Å². The molecular formula is C27H46O5. The van der Waals surface area contributed by atoms with Crippen LogP contribution in [0.15, 0.2) is 0 Å². The first-order chi connectivity index (χ1) is 15.0. The Hall–Kier alpha value is -1.23. The van der Waals surface area contributed by atoms with E-state index in [2.05, 4.69) is 13.8 Å². The molecule has 4 atom stereocenters. The molecule has 2 aliphatic rings. The molecule has 4 unspecified atom stereocenters. The number of rotatable bonds is 14. The van der Waals surface area contributed by atoms with Gasteiger partial charge in [-0.15, -0.1) is 0 Å². The van der Waals surface area contributed by atoms with Crippen molar-refractivity contribution in [2.45, 2.75) is 111 Å². The quantitative estimate of drug-likeness (QED) is 0.348. The number of aliphatic hydroxyl groups is 1. The first-order valence-corrected chi connectivity index (χ1v) is 12.9. The topological polar surface area (TPSA) is 91.7 Å². The first kappa shape index (κ1) is 27.0. The minimum absolute atomic E-state index is 0.0564. The Balaban J connectivity index is 1.65. The average molecular weight is 451 g/mol. The molecule has 0 spiro atoms. The van der Waals surface area contributed by atoms with Crippen LogP contribution in [0.4, 0.5) is 0 Å². The van der Waals surface area contributed by atoms with Crippen LogP contribution in [0.5, 0.6) is 0 Å². The van der Waals surface area contributed by atoms with Crippen molar-refractivity contribution < 1.29 is 24.6 Å². The van der Waals surface area contributed by atoms with Gasteiger partial charge in [0.25, 0.3) is 0 Å². The predicted octanol–water partition coefficient (Wildman–Crippen LogP) is 5.82. The number of hydrogen-bond donors (Lipinski definition) is 2. The minimum Gasteiger partial charge on any atom is -0.481 e. The van der Waals surface area contributed by atoms with Gasteiger partial charge in [-0.2, -0.15) is 0 Å². The largest absolute Gasteiger partial charge is 0.481 e. The second kappa shape index (κ2) is 11.8. The third kappa shape index (κ3) is 7.67. The highest BCUT2D eigenvalue weighted by Crippen LogP contribution is 2.38. The van der Waals surface area contributed by atoms with Gasteiger partial charge in [0.1, 0.15) is 11.6 Å². The molecule has 0 aromatic heterocycles. The van der Waals surface area contributed by atoms with E-state index in [1.165, 1.54) is 0 Å². The molecule has 0 heterocycles. The summed E-state index contributed by atoms with van der Waals surface area (Å²) in [6, 6.07) is 0. The van der Waals surface area contributed by atoms with Gasteiger partial charge < -0.3 is 10.2 Å². The van der Waals surface area contributed by atoms with Gasteiger partial charge >= 0.3 is 5.97 Å². The zero-order valence-electron chi connectivity index (χ0n) is 20.8. The summed E-state index contributed by atoms with van der Waals surface area (Å²) >= 11 is 0. The van der Waals surface area contributed by atoms with Crippen molar-refractivity contribution >= 4 is 17.5 Å². The highest BCUT2D eigenvalue weighted by molar-refractivity contribution is 5.86. The van der Waals surface area contributed by atoms with Gasteiger partial charge in [0.05, 0.1) is 5.41 Å². The number of aliphatic carboxylic acids is 1. The molecule has 0 amide bonds. The second-order valence-electron chi connectivity index (χ2n) is 12.0. The predicted molar refractivity (Wildman–Crippen MR) is 126 cm³/mol. The van der Waals surface area contributed by atoms with Crippen molar-refractivity contribution in [3.8, 4) is 0 Å². The van der Waals surface area contributed by atoms with E-state index in [9.17, 15) is 24.6 Å². The molecule has 5 nitrogen and oxygen atoms in total. The summed E-state index contributed by atoms with van der Waals surface area (Å²) in [5.74, 6) is 0.652. The van der Waals surface area contributed by atoms with Gasteiger partial charge in [-0.1, -0.05) is 33.1 Å². The molecule has 2 N–H and O–H groups in total. The van der Waals surface area contributed by atoms with Crippen molar-refractivity contribution in [2.24, 2.45) is 34.5 Å². The summed E-state index contributed by atoms with van der Waals surface area (Å²) in [6.07, 6.45) is 11.8. The summed E-state index contributed by atoms with van der Waals surface area (Å²) in [5.41, 5.74) is -0.777. The van der Waals surface area contributed by atoms with E-state index in [0.717, 1.165) is 77.0 Å². The van der Waals surface area contributed by atoms with Gasteiger partial charge in [-0.3, -0.25) is 14.4 Å². The summed E-state index contributed by atoms with van der Waals surface area (Å²) in [7, 11) is 0. The third-order valence-electron chi connectivity index (χ3n) is 8.21. The number of hydrogen-bond acceptors (Lipinski definition) is 4. The average Bonchev–Trinajstić information content (AvgIpc) is 3.25. The Bertz CT molecular complexity index is 650.